The third-order valence-electron chi connectivity index (χ3n) is 4.41. The lowest BCUT2D eigenvalue weighted by Gasteiger charge is -2.38. The lowest BCUT2D eigenvalue weighted by molar-refractivity contribution is 0.168. The molecule has 0 amide bonds. The largest absolute Gasteiger partial charge is 0.467 e. The Hall–Kier alpha value is -1.56. The van der Waals surface area contributed by atoms with Crippen molar-refractivity contribution in [3.8, 4) is 0 Å². The molecule has 24 heavy (non-hydrogen) atoms. The van der Waals surface area contributed by atoms with E-state index in [4.69, 9.17) is 28.2 Å². The van der Waals surface area contributed by atoms with Crippen LogP contribution in [0.25, 0.3) is 0 Å². The molecule has 6 heteroatoms. The second-order valence-electron chi connectivity index (χ2n) is 6.15. The molecule has 0 radical (unpaired) electrons. The fourth-order valence-electron chi connectivity index (χ4n) is 2.99. The zero-order valence-electron chi connectivity index (χ0n) is 13.7. The third kappa shape index (κ3) is 4.29. The molecule has 0 atom stereocenters. The number of anilines is 1. The molecule has 1 aromatic heterocycles. The molecule has 0 aliphatic carbocycles. The highest BCUT2D eigenvalue weighted by Crippen LogP contribution is 2.24. The van der Waals surface area contributed by atoms with Crippen molar-refractivity contribution >= 4 is 34.6 Å². The molecule has 2 aromatic rings. The quantitative estimate of drug-likeness (QED) is 0.822. The molecule has 1 saturated heterocycles. The normalized spacial score (nSPS) is 16.1. The van der Waals surface area contributed by atoms with E-state index in [1.807, 2.05) is 36.4 Å². The van der Waals surface area contributed by atoms with Gasteiger partial charge in [-0.2, -0.15) is 0 Å². The average Bonchev–Trinajstić information content (AvgIpc) is 3.09. The van der Waals surface area contributed by atoms with Gasteiger partial charge in [-0.1, -0.05) is 23.7 Å². The van der Waals surface area contributed by atoms with Gasteiger partial charge in [0.05, 0.1) is 23.5 Å². The maximum absolute atomic E-state index is 6.25. The number of hydrogen-bond donors (Lipinski definition) is 1. The maximum atomic E-state index is 6.25. The molecule has 3 rings (SSSR count). The number of thiocarbonyl (C=S) groups is 1. The first-order chi connectivity index (χ1) is 11.6. The summed E-state index contributed by atoms with van der Waals surface area (Å²) >= 11 is 12.0. The van der Waals surface area contributed by atoms with Crippen molar-refractivity contribution in [3.63, 3.8) is 0 Å². The third-order valence-corrected chi connectivity index (χ3v) is 5.08. The second kappa shape index (κ2) is 8.01. The minimum atomic E-state index is 0.397. The summed E-state index contributed by atoms with van der Waals surface area (Å²) in [5.74, 6) is 0.914. The first-order valence-electron chi connectivity index (χ1n) is 8.16. The van der Waals surface area contributed by atoms with Crippen LogP contribution in [0.2, 0.25) is 5.02 Å². The number of hydrogen-bond acceptors (Lipinski definition) is 3. The molecule has 0 spiro atoms. The smallest absolute Gasteiger partial charge is 0.174 e. The fraction of sp³-hybridized carbons (Fsp3) is 0.389. The Morgan fingerprint density at radius 1 is 1.29 bits per heavy atom. The SMILES string of the molecule is CN1CCC(N(Cc2ccco2)C(=S)Nc2ccccc2Cl)CC1. The van der Waals surface area contributed by atoms with Gasteiger partial charge in [0.1, 0.15) is 5.76 Å². The molecular weight excluding hydrogens is 342 g/mol. The van der Waals surface area contributed by atoms with E-state index in [-0.39, 0.29) is 0 Å². The highest BCUT2D eigenvalue weighted by Gasteiger charge is 2.26. The molecule has 1 N–H and O–H groups in total. The van der Waals surface area contributed by atoms with Crippen LogP contribution in [0.3, 0.4) is 0 Å². The zero-order chi connectivity index (χ0) is 16.9. The topological polar surface area (TPSA) is 31.6 Å². The Balaban J connectivity index is 1.75. The zero-order valence-corrected chi connectivity index (χ0v) is 15.3. The molecular formula is C18H22ClN3OS. The van der Waals surface area contributed by atoms with Crippen molar-refractivity contribution in [2.75, 3.05) is 25.5 Å². The Kier molecular flexibility index (Phi) is 5.76. The second-order valence-corrected chi connectivity index (χ2v) is 6.95. The monoisotopic (exact) mass is 363 g/mol. The average molecular weight is 364 g/mol. The Morgan fingerprint density at radius 3 is 2.71 bits per heavy atom. The van der Waals surface area contributed by atoms with Crippen LogP contribution in [-0.4, -0.2) is 41.1 Å². The van der Waals surface area contributed by atoms with E-state index < -0.39 is 0 Å². The number of rotatable bonds is 4. The molecule has 1 aliphatic heterocycles. The summed E-state index contributed by atoms with van der Waals surface area (Å²) in [6.07, 6.45) is 3.87. The van der Waals surface area contributed by atoms with Crippen LogP contribution in [0.5, 0.6) is 0 Å². The highest BCUT2D eigenvalue weighted by molar-refractivity contribution is 7.80. The molecule has 2 heterocycles. The van der Waals surface area contributed by atoms with Crippen LogP contribution in [-0.2, 0) is 6.54 Å². The molecule has 1 fully saturated rings. The summed E-state index contributed by atoms with van der Waals surface area (Å²) in [5, 5.41) is 4.66. The van der Waals surface area contributed by atoms with E-state index in [2.05, 4.69) is 22.2 Å². The molecule has 0 unspecified atom stereocenters. The molecule has 0 bridgehead atoms. The Labute approximate surface area is 153 Å². The Morgan fingerprint density at radius 2 is 2.04 bits per heavy atom. The number of para-hydroxylation sites is 1. The molecule has 1 aliphatic rings. The summed E-state index contributed by atoms with van der Waals surface area (Å²) in [4.78, 5) is 4.58. The summed E-state index contributed by atoms with van der Waals surface area (Å²) in [6, 6.07) is 12.0. The van der Waals surface area contributed by atoms with Crippen molar-refractivity contribution < 1.29 is 4.42 Å². The van der Waals surface area contributed by atoms with E-state index in [0.717, 1.165) is 37.4 Å². The number of nitrogens with zero attached hydrogens (tertiary/aromatic N) is 2. The number of halogens is 1. The van der Waals surface area contributed by atoms with Gasteiger partial charge in [0.15, 0.2) is 5.11 Å². The van der Waals surface area contributed by atoms with E-state index in [1.165, 1.54) is 0 Å². The van der Waals surface area contributed by atoms with Gasteiger partial charge in [-0.3, -0.25) is 0 Å². The van der Waals surface area contributed by atoms with Gasteiger partial charge in [-0.05, 0) is 69.5 Å². The predicted molar refractivity (Wildman–Crippen MR) is 102 cm³/mol. The van der Waals surface area contributed by atoms with Crippen molar-refractivity contribution in [2.45, 2.75) is 25.4 Å². The summed E-state index contributed by atoms with van der Waals surface area (Å²) in [6.45, 7) is 2.82. The van der Waals surface area contributed by atoms with Crippen LogP contribution < -0.4 is 5.32 Å². The van der Waals surface area contributed by atoms with Crippen molar-refractivity contribution in [1.82, 2.24) is 9.80 Å². The van der Waals surface area contributed by atoms with Gasteiger partial charge in [0, 0.05) is 6.04 Å². The number of benzene rings is 1. The lowest BCUT2D eigenvalue weighted by atomic mass is 10.0. The van der Waals surface area contributed by atoms with E-state index >= 15 is 0 Å². The van der Waals surface area contributed by atoms with Crippen LogP contribution in [0, 0.1) is 0 Å². The van der Waals surface area contributed by atoms with E-state index in [9.17, 15) is 0 Å². The van der Waals surface area contributed by atoms with Gasteiger partial charge in [-0.15, -0.1) is 0 Å². The Bertz CT molecular complexity index is 669. The minimum absolute atomic E-state index is 0.397. The van der Waals surface area contributed by atoms with E-state index in [1.54, 1.807) is 6.26 Å². The van der Waals surface area contributed by atoms with Gasteiger partial charge in [-0.25, -0.2) is 0 Å². The van der Waals surface area contributed by atoms with Crippen molar-refractivity contribution in [3.05, 3.63) is 53.4 Å². The predicted octanol–water partition coefficient (Wildman–Crippen LogP) is 4.23. The number of likely N-dealkylation sites (tertiary alicyclic amines) is 1. The standard InChI is InChI=1S/C18H22ClN3OS/c1-21-10-8-14(9-11-21)22(13-15-5-4-12-23-15)18(24)20-17-7-3-2-6-16(17)19/h2-7,12,14H,8-11,13H2,1H3,(H,20,24). The number of nitrogens with one attached hydrogen (secondary N) is 1. The van der Waals surface area contributed by atoms with Crippen molar-refractivity contribution in [1.29, 1.82) is 0 Å². The minimum Gasteiger partial charge on any atom is -0.467 e. The first kappa shape index (κ1) is 17.3. The summed E-state index contributed by atoms with van der Waals surface area (Å²) in [5.41, 5.74) is 0.835. The first-order valence-corrected chi connectivity index (χ1v) is 8.95. The van der Waals surface area contributed by atoms with Gasteiger partial charge in [0.25, 0.3) is 0 Å². The maximum Gasteiger partial charge on any atom is 0.174 e. The fourth-order valence-corrected chi connectivity index (χ4v) is 3.50. The summed E-state index contributed by atoms with van der Waals surface area (Å²) < 4.78 is 5.53. The van der Waals surface area contributed by atoms with Gasteiger partial charge < -0.3 is 19.5 Å². The van der Waals surface area contributed by atoms with E-state index in [0.29, 0.717) is 22.7 Å². The van der Waals surface area contributed by atoms with Gasteiger partial charge in [0.2, 0.25) is 0 Å². The molecule has 128 valence electrons. The van der Waals surface area contributed by atoms with Crippen LogP contribution >= 0.6 is 23.8 Å². The van der Waals surface area contributed by atoms with Crippen molar-refractivity contribution in [2.24, 2.45) is 0 Å². The van der Waals surface area contributed by atoms with Crippen LogP contribution in [0.15, 0.2) is 47.1 Å². The molecule has 1 aromatic carbocycles. The molecule has 4 nitrogen and oxygen atoms in total. The molecule has 0 saturated carbocycles. The highest BCUT2D eigenvalue weighted by atomic mass is 35.5. The summed E-state index contributed by atoms with van der Waals surface area (Å²) in [7, 11) is 2.16. The van der Waals surface area contributed by atoms with Crippen LogP contribution in [0.1, 0.15) is 18.6 Å². The lowest BCUT2D eigenvalue weighted by Crippen LogP contribution is -2.47. The number of furan rings is 1. The number of piperidine rings is 1. The van der Waals surface area contributed by atoms with Gasteiger partial charge >= 0.3 is 0 Å². The van der Waals surface area contributed by atoms with Crippen LogP contribution in [0.4, 0.5) is 5.69 Å².